The maximum Gasteiger partial charge on any atom is 0.169 e. The second kappa shape index (κ2) is 7.75. The molecule has 0 N–H and O–H groups in total. The Hall–Kier alpha value is -3.29. The summed E-state index contributed by atoms with van der Waals surface area (Å²) in [4.78, 5) is 12.0. The quantitative estimate of drug-likeness (QED) is 0.603. The molecule has 0 aliphatic carbocycles. The van der Waals surface area contributed by atoms with Gasteiger partial charge >= 0.3 is 0 Å². The van der Waals surface area contributed by atoms with E-state index in [0.717, 1.165) is 11.1 Å². The maximum atomic E-state index is 12.0. The van der Waals surface area contributed by atoms with Crippen molar-refractivity contribution in [1.82, 2.24) is 0 Å². The number of benzene rings is 3. The van der Waals surface area contributed by atoms with Crippen LogP contribution in [0.25, 0.3) is 0 Å². The summed E-state index contributed by atoms with van der Waals surface area (Å²) >= 11 is 6.03. The van der Waals surface area contributed by atoms with Gasteiger partial charge in [0.25, 0.3) is 0 Å². The molecule has 28 heavy (non-hydrogen) atoms. The highest BCUT2D eigenvalue weighted by atomic mass is 35.5. The van der Waals surface area contributed by atoms with Gasteiger partial charge in [-0.05, 0) is 47.5 Å². The minimum Gasteiger partial charge on any atom is -0.492 e. The largest absolute Gasteiger partial charge is 0.492 e. The van der Waals surface area contributed by atoms with Gasteiger partial charge in [-0.15, -0.1) is 0 Å². The number of nitrogens with zero attached hydrogens (tertiary/aromatic N) is 1. The predicted octanol–water partition coefficient (Wildman–Crippen LogP) is 5.35. The molecule has 0 saturated carbocycles. The van der Waals surface area contributed by atoms with Crippen LogP contribution in [-0.4, -0.2) is 12.4 Å². The SMILES string of the molecule is N#Cc1ccc(C(Oc2ccc3c(c2)OCCC3=O)c2ccc(Cl)cc2)cc1. The number of rotatable bonds is 4. The lowest BCUT2D eigenvalue weighted by molar-refractivity contribution is 0.0933. The molecule has 0 aromatic heterocycles. The van der Waals surface area contributed by atoms with E-state index in [9.17, 15) is 4.79 Å². The molecule has 5 heteroatoms. The van der Waals surface area contributed by atoms with E-state index in [0.29, 0.717) is 40.7 Å². The summed E-state index contributed by atoms with van der Waals surface area (Å²) in [5.74, 6) is 1.22. The number of nitriles is 1. The highest BCUT2D eigenvalue weighted by molar-refractivity contribution is 6.30. The van der Waals surface area contributed by atoms with Gasteiger partial charge < -0.3 is 9.47 Å². The minimum atomic E-state index is -0.401. The van der Waals surface area contributed by atoms with Crippen molar-refractivity contribution >= 4 is 17.4 Å². The summed E-state index contributed by atoms with van der Waals surface area (Å²) in [5, 5.41) is 9.69. The Bertz CT molecular complexity index is 1050. The van der Waals surface area contributed by atoms with E-state index in [1.165, 1.54) is 0 Å². The zero-order chi connectivity index (χ0) is 19.5. The highest BCUT2D eigenvalue weighted by Gasteiger charge is 2.21. The van der Waals surface area contributed by atoms with Crippen molar-refractivity contribution in [2.45, 2.75) is 12.5 Å². The smallest absolute Gasteiger partial charge is 0.169 e. The van der Waals surface area contributed by atoms with Crippen LogP contribution in [-0.2, 0) is 0 Å². The minimum absolute atomic E-state index is 0.0779. The van der Waals surface area contributed by atoms with Gasteiger partial charge in [-0.25, -0.2) is 0 Å². The third-order valence-electron chi connectivity index (χ3n) is 4.61. The van der Waals surface area contributed by atoms with E-state index < -0.39 is 6.10 Å². The first kappa shape index (κ1) is 18.1. The first-order valence-corrected chi connectivity index (χ1v) is 9.24. The molecule has 0 spiro atoms. The molecule has 1 aliphatic rings. The fourth-order valence-electron chi connectivity index (χ4n) is 3.15. The summed E-state index contributed by atoms with van der Waals surface area (Å²) in [5.41, 5.74) is 2.99. The first-order chi connectivity index (χ1) is 13.6. The first-order valence-electron chi connectivity index (χ1n) is 8.86. The number of hydrogen-bond donors (Lipinski definition) is 0. The number of carbonyl (C=O) groups excluding carboxylic acids is 1. The van der Waals surface area contributed by atoms with Gasteiger partial charge in [-0.1, -0.05) is 35.9 Å². The van der Waals surface area contributed by atoms with Crippen molar-refractivity contribution in [3.8, 4) is 17.6 Å². The van der Waals surface area contributed by atoms with Gasteiger partial charge in [0.05, 0.1) is 23.8 Å². The molecule has 0 amide bonds. The second-order valence-corrected chi connectivity index (χ2v) is 6.90. The van der Waals surface area contributed by atoms with E-state index >= 15 is 0 Å². The van der Waals surface area contributed by atoms with Crippen LogP contribution in [0.5, 0.6) is 11.5 Å². The summed E-state index contributed by atoms with van der Waals surface area (Å²) in [6, 6.07) is 22.1. The molecule has 3 aromatic carbocycles. The molecule has 4 nitrogen and oxygen atoms in total. The zero-order valence-corrected chi connectivity index (χ0v) is 15.6. The monoisotopic (exact) mass is 389 g/mol. The van der Waals surface area contributed by atoms with Gasteiger partial charge in [0, 0.05) is 17.5 Å². The Balaban J connectivity index is 1.70. The van der Waals surface area contributed by atoms with E-state index in [1.807, 2.05) is 36.4 Å². The highest BCUT2D eigenvalue weighted by Crippen LogP contribution is 2.34. The van der Waals surface area contributed by atoms with Crippen LogP contribution in [0, 0.1) is 11.3 Å². The molecule has 1 atom stereocenters. The number of halogens is 1. The lowest BCUT2D eigenvalue weighted by Gasteiger charge is -2.22. The van der Waals surface area contributed by atoms with Crippen LogP contribution in [0.2, 0.25) is 5.02 Å². The van der Waals surface area contributed by atoms with Crippen molar-refractivity contribution < 1.29 is 14.3 Å². The van der Waals surface area contributed by atoms with Crippen molar-refractivity contribution in [3.63, 3.8) is 0 Å². The van der Waals surface area contributed by atoms with Gasteiger partial charge in [0.1, 0.15) is 17.6 Å². The molecule has 138 valence electrons. The van der Waals surface area contributed by atoms with Crippen molar-refractivity contribution in [1.29, 1.82) is 5.26 Å². The van der Waals surface area contributed by atoms with E-state index in [-0.39, 0.29) is 5.78 Å². The fourth-order valence-corrected chi connectivity index (χ4v) is 3.27. The molecule has 1 aliphatic heterocycles. The van der Waals surface area contributed by atoms with Crippen LogP contribution in [0.15, 0.2) is 66.7 Å². The molecule has 0 fully saturated rings. The Morgan fingerprint density at radius 3 is 2.36 bits per heavy atom. The third-order valence-corrected chi connectivity index (χ3v) is 4.86. The number of ketones is 1. The fraction of sp³-hybridized carbons (Fsp3) is 0.130. The van der Waals surface area contributed by atoms with Crippen LogP contribution in [0.3, 0.4) is 0 Å². The molecule has 0 bridgehead atoms. The lowest BCUT2D eigenvalue weighted by Crippen LogP contribution is -2.15. The average molecular weight is 390 g/mol. The molecule has 0 saturated heterocycles. The van der Waals surface area contributed by atoms with E-state index in [4.69, 9.17) is 26.3 Å². The summed E-state index contributed by atoms with van der Waals surface area (Å²) in [6.07, 6.45) is -0.00591. The van der Waals surface area contributed by atoms with Crippen molar-refractivity contribution in [2.75, 3.05) is 6.61 Å². The van der Waals surface area contributed by atoms with Gasteiger partial charge in [0.2, 0.25) is 0 Å². The van der Waals surface area contributed by atoms with Crippen molar-refractivity contribution in [3.05, 3.63) is 94.0 Å². The molecular weight excluding hydrogens is 374 g/mol. The summed E-state index contributed by atoms with van der Waals surface area (Å²) in [6.45, 7) is 0.380. The Kier molecular flexibility index (Phi) is 5.01. The van der Waals surface area contributed by atoms with Crippen LogP contribution < -0.4 is 9.47 Å². The van der Waals surface area contributed by atoms with Gasteiger partial charge in [-0.2, -0.15) is 5.26 Å². The normalized spacial score (nSPS) is 13.8. The van der Waals surface area contributed by atoms with Crippen LogP contribution in [0.1, 0.15) is 39.6 Å². The lowest BCUT2D eigenvalue weighted by atomic mass is 10.00. The molecule has 1 heterocycles. The Morgan fingerprint density at radius 2 is 1.68 bits per heavy atom. The standard InChI is InChI=1S/C23H16ClNO3/c24-18-7-5-17(6-8-18)23(16-3-1-15(14-25)2-4-16)28-19-9-10-20-21(26)11-12-27-22(20)13-19/h1-10,13,23H,11-12H2. The summed E-state index contributed by atoms with van der Waals surface area (Å²) in [7, 11) is 0. The number of ether oxygens (including phenoxy) is 2. The van der Waals surface area contributed by atoms with Crippen LogP contribution in [0.4, 0.5) is 0 Å². The third kappa shape index (κ3) is 3.71. The number of carbonyl (C=O) groups is 1. The summed E-state index contributed by atoms with van der Waals surface area (Å²) < 4.78 is 11.9. The average Bonchev–Trinajstić information content (AvgIpc) is 2.73. The Labute approximate surface area is 167 Å². The Morgan fingerprint density at radius 1 is 1.00 bits per heavy atom. The molecular formula is C23H16ClNO3. The second-order valence-electron chi connectivity index (χ2n) is 6.46. The van der Waals surface area contributed by atoms with Crippen molar-refractivity contribution in [2.24, 2.45) is 0 Å². The van der Waals surface area contributed by atoms with Gasteiger partial charge in [-0.3, -0.25) is 4.79 Å². The van der Waals surface area contributed by atoms with E-state index in [2.05, 4.69) is 6.07 Å². The molecule has 0 radical (unpaired) electrons. The number of Topliss-reactive ketones (excluding diaryl/α,β-unsaturated/α-hetero) is 1. The zero-order valence-electron chi connectivity index (χ0n) is 14.9. The molecule has 3 aromatic rings. The van der Waals surface area contributed by atoms with Crippen LogP contribution >= 0.6 is 11.6 Å². The predicted molar refractivity (Wildman–Crippen MR) is 106 cm³/mol. The topological polar surface area (TPSA) is 59.3 Å². The maximum absolute atomic E-state index is 12.0. The van der Waals surface area contributed by atoms with E-state index in [1.54, 1.807) is 30.3 Å². The molecule has 1 unspecified atom stereocenters. The number of hydrogen-bond acceptors (Lipinski definition) is 4. The van der Waals surface area contributed by atoms with Gasteiger partial charge in [0.15, 0.2) is 5.78 Å². The number of fused-ring (bicyclic) bond motifs is 1. The molecule has 4 rings (SSSR count).